The van der Waals surface area contributed by atoms with E-state index in [9.17, 15) is 0 Å². The molecule has 0 amide bonds. The van der Waals surface area contributed by atoms with Gasteiger partial charge in [-0.05, 0) is 36.3 Å². The molecule has 2 heteroatoms. The van der Waals surface area contributed by atoms with E-state index in [2.05, 4.69) is 86.9 Å². The Morgan fingerprint density at radius 3 is 2.12 bits per heavy atom. The minimum absolute atomic E-state index is 0.113. The van der Waals surface area contributed by atoms with Crippen molar-refractivity contribution in [1.82, 2.24) is 5.48 Å². The highest BCUT2D eigenvalue weighted by molar-refractivity contribution is 5.18. The van der Waals surface area contributed by atoms with Crippen LogP contribution in [0.15, 0.2) is 60.7 Å². The number of nitrogens with one attached hydrogen (secondary N) is 1. The molecule has 0 saturated carbocycles. The minimum atomic E-state index is 0.113. The standard InChI is InChI=1S/C22H31NO/c1-4-11-22(20-14-9-6-10-15-20)24-23-21(16-18(2)3)17-19-12-7-5-8-13-19/h5-10,12-15,18,21-23H,4,11,16-17H2,1-3H3/t21?,22-/m0/s1. The Hall–Kier alpha value is -1.64. The Morgan fingerprint density at radius 2 is 1.54 bits per heavy atom. The van der Waals surface area contributed by atoms with Crippen LogP contribution in [-0.4, -0.2) is 6.04 Å². The Bertz CT molecular complexity index is 553. The summed E-state index contributed by atoms with van der Waals surface area (Å²) in [5, 5.41) is 0. The van der Waals surface area contributed by atoms with Gasteiger partial charge in [0.1, 0.15) is 6.10 Å². The number of benzene rings is 2. The monoisotopic (exact) mass is 325 g/mol. The van der Waals surface area contributed by atoms with Crippen LogP contribution in [0.3, 0.4) is 0 Å². The summed E-state index contributed by atoms with van der Waals surface area (Å²) in [4.78, 5) is 6.15. The molecule has 0 bridgehead atoms. The zero-order valence-corrected chi connectivity index (χ0v) is 15.2. The van der Waals surface area contributed by atoms with E-state index < -0.39 is 0 Å². The van der Waals surface area contributed by atoms with Crippen molar-refractivity contribution in [2.24, 2.45) is 5.92 Å². The molecule has 0 fully saturated rings. The van der Waals surface area contributed by atoms with Gasteiger partial charge in [0.05, 0.1) is 0 Å². The summed E-state index contributed by atoms with van der Waals surface area (Å²) >= 11 is 0. The summed E-state index contributed by atoms with van der Waals surface area (Å²) in [7, 11) is 0. The topological polar surface area (TPSA) is 21.3 Å². The van der Waals surface area contributed by atoms with Crippen LogP contribution in [0.5, 0.6) is 0 Å². The predicted octanol–water partition coefficient (Wildman–Crippen LogP) is 5.71. The predicted molar refractivity (Wildman–Crippen MR) is 102 cm³/mol. The molecular weight excluding hydrogens is 294 g/mol. The lowest BCUT2D eigenvalue weighted by Crippen LogP contribution is -2.34. The fourth-order valence-corrected chi connectivity index (χ4v) is 3.04. The molecule has 130 valence electrons. The molecule has 2 aromatic carbocycles. The Labute approximate surface area is 147 Å². The fraction of sp³-hybridized carbons (Fsp3) is 0.455. The highest BCUT2D eigenvalue weighted by atomic mass is 16.7. The lowest BCUT2D eigenvalue weighted by molar-refractivity contribution is -0.0529. The van der Waals surface area contributed by atoms with E-state index in [-0.39, 0.29) is 6.10 Å². The van der Waals surface area contributed by atoms with Gasteiger partial charge in [0.15, 0.2) is 0 Å². The quantitative estimate of drug-likeness (QED) is 0.565. The van der Waals surface area contributed by atoms with Crippen molar-refractivity contribution in [3.8, 4) is 0 Å². The lowest BCUT2D eigenvalue weighted by atomic mass is 9.98. The maximum atomic E-state index is 6.15. The van der Waals surface area contributed by atoms with Crippen LogP contribution in [0.25, 0.3) is 0 Å². The van der Waals surface area contributed by atoms with E-state index in [1.54, 1.807) is 0 Å². The molecule has 0 heterocycles. The second-order valence-electron chi connectivity index (χ2n) is 6.94. The molecule has 0 aliphatic rings. The third-order valence-corrected chi connectivity index (χ3v) is 4.18. The first kappa shape index (κ1) is 18.7. The first-order valence-electron chi connectivity index (χ1n) is 9.19. The van der Waals surface area contributed by atoms with Crippen molar-refractivity contribution < 1.29 is 4.84 Å². The zero-order chi connectivity index (χ0) is 17.2. The van der Waals surface area contributed by atoms with E-state index in [1.807, 2.05) is 0 Å². The average Bonchev–Trinajstić information content (AvgIpc) is 2.59. The summed E-state index contributed by atoms with van der Waals surface area (Å²) < 4.78 is 0. The Balaban J connectivity index is 1.99. The molecule has 24 heavy (non-hydrogen) atoms. The normalized spacial score (nSPS) is 13.8. The van der Waals surface area contributed by atoms with Gasteiger partial charge in [-0.1, -0.05) is 87.9 Å². The number of hydrogen-bond donors (Lipinski definition) is 1. The van der Waals surface area contributed by atoms with Crippen molar-refractivity contribution in [2.75, 3.05) is 0 Å². The van der Waals surface area contributed by atoms with Crippen LogP contribution in [-0.2, 0) is 11.3 Å². The summed E-state index contributed by atoms with van der Waals surface area (Å²) in [5.41, 5.74) is 5.98. The molecule has 0 radical (unpaired) electrons. The van der Waals surface area contributed by atoms with Gasteiger partial charge in [0.25, 0.3) is 0 Å². The number of rotatable bonds is 10. The highest BCUT2D eigenvalue weighted by Gasteiger charge is 2.16. The fourth-order valence-electron chi connectivity index (χ4n) is 3.04. The van der Waals surface area contributed by atoms with Gasteiger partial charge in [-0.25, -0.2) is 0 Å². The van der Waals surface area contributed by atoms with Crippen molar-refractivity contribution in [3.63, 3.8) is 0 Å². The van der Waals surface area contributed by atoms with Crippen LogP contribution in [0.1, 0.15) is 57.3 Å². The molecule has 0 spiro atoms. The number of hydroxylamine groups is 1. The second kappa shape index (κ2) is 10.3. The van der Waals surface area contributed by atoms with E-state index >= 15 is 0 Å². The van der Waals surface area contributed by atoms with Gasteiger partial charge in [-0.15, -0.1) is 0 Å². The molecule has 0 aliphatic heterocycles. The van der Waals surface area contributed by atoms with Gasteiger partial charge in [0.2, 0.25) is 0 Å². The Kier molecular flexibility index (Phi) is 8.00. The molecule has 0 aliphatic carbocycles. The molecule has 0 aromatic heterocycles. The van der Waals surface area contributed by atoms with E-state index in [4.69, 9.17) is 4.84 Å². The third kappa shape index (κ3) is 6.46. The van der Waals surface area contributed by atoms with Crippen molar-refractivity contribution in [3.05, 3.63) is 71.8 Å². The molecule has 2 aromatic rings. The summed E-state index contributed by atoms with van der Waals surface area (Å²) in [6.45, 7) is 6.73. The average molecular weight is 325 g/mol. The zero-order valence-electron chi connectivity index (χ0n) is 15.2. The van der Waals surface area contributed by atoms with Crippen LogP contribution >= 0.6 is 0 Å². The van der Waals surface area contributed by atoms with Crippen LogP contribution < -0.4 is 5.48 Å². The highest BCUT2D eigenvalue weighted by Crippen LogP contribution is 2.22. The van der Waals surface area contributed by atoms with Crippen molar-refractivity contribution >= 4 is 0 Å². The molecule has 2 rings (SSSR count). The minimum Gasteiger partial charge on any atom is -0.293 e. The second-order valence-corrected chi connectivity index (χ2v) is 6.94. The summed E-state index contributed by atoms with van der Waals surface area (Å²) in [6, 6.07) is 21.5. The third-order valence-electron chi connectivity index (χ3n) is 4.18. The maximum Gasteiger partial charge on any atom is 0.104 e. The maximum absolute atomic E-state index is 6.15. The smallest absolute Gasteiger partial charge is 0.104 e. The summed E-state index contributed by atoms with van der Waals surface area (Å²) in [5.74, 6) is 0.635. The van der Waals surface area contributed by atoms with Crippen LogP contribution in [0.2, 0.25) is 0 Å². The van der Waals surface area contributed by atoms with E-state index in [0.29, 0.717) is 12.0 Å². The van der Waals surface area contributed by atoms with E-state index in [1.165, 1.54) is 11.1 Å². The Morgan fingerprint density at radius 1 is 0.917 bits per heavy atom. The van der Waals surface area contributed by atoms with Crippen LogP contribution in [0, 0.1) is 5.92 Å². The summed E-state index contributed by atoms with van der Waals surface area (Å²) in [6.07, 6.45) is 4.34. The van der Waals surface area contributed by atoms with Gasteiger partial charge < -0.3 is 0 Å². The molecule has 2 nitrogen and oxygen atoms in total. The SMILES string of the molecule is CCC[C@H](ONC(Cc1ccccc1)CC(C)C)c1ccccc1. The van der Waals surface area contributed by atoms with Gasteiger partial charge >= 0.3 is 0 Å². The molecule has 1 N–H and O–H groups in total. The van der Waals surface area contributed by atoms with Gasteiger partial charge in [0, 0.05) is 6.04 Å². The first-order chi connectivity index (χ1) is 11.7. The lowest BCUT2D eigenvalue weighted by Gasteiger charge is -2.25. The van der Waals surface area contributed by atoms with Crippen molar-refractivity contribution in [1.29, 1.82) is 0 Å². The molecule has 1 unspecified atom stereocenters. The largest absolute Gasteiger partial charge is 0.293 e. The van der Waals surface area contributed by atoms with Gasteiger partial charge in [-0.2, -0.15) is 5.48 Å². The number of hydrogen-bond acceptors (Lipinski definition) is 2. The molecule has 0 saturated heterocycles. The van der Waals surface area contributed by atoms with Crippen LogP contribution in [0.4, 0.5) is 0 Å². The first-order valence-corrected chi connectivity index (χ1v) is 9.19. The molecular formula is C22H31NO. The van der Waals surface area contributed by atoms with Gasteiger partial charge in [-0.3, -0.25) is 4.84 Å². The van der Waals surface area contributed by atoms with E-state index in [0.717, 1.165) is 25.7 Å². The molecule has 2 atom stereocenters. The van der Waals surface area contributed by atoms with Crippen molar-refractivity contribution in [2.45, 2.75) is 58.6 Å².